The van der Waals surface area contributed by atoms with Gasteiger partial charge in [0.2, 0.25) is 0 Å². The Morgan fingerprint density at radius 1 is 1.35 bits per heavy atom. The van der Waals surface area contributed by atoms with Gasteiger partial charge in [-0.15, -0.1) is 0 Å². The highest BCUT2D eigenvalue weighted by Crippen LogP contribution is 2.33. The number of nitrogens with zero attached hydrogens (tertiary/aromatic N) is 1. The van der Waals surface area contributed by atoms with Crippen LogP contribution in [0.3, 0.4) is 0 Å². The molecule has 0 saturated carbocycles. The van der Waals surface area contributed by atoms with Crippen LogP contribution in [0.4, 0.5) is 0 Å². The van der Waals surface area contributed by atoms with E-state index in [1.54, 1.807) is 12.1 Å². The first-order chi connectivity index (χ1) is 8.12. The molecule has 1 rings (SSSR count). The van der Waals surface area contributed by atoms with Gasteiger partial charge in [-0.2, -0.15) is 0 Å². The van der Waals surface area contributed by atoms with Crippen molar-refractivity contribution in [3.63, 3.8) is 0 Å². The van der Waals surface area contributed by atoms with E-state index in [-0.39, 0.29) is 17.8 Å². The van der Waals surface area contributed by atoms with E-state index in [1.807, 2.05) is 0 Å². The Kier molecular flexibility index (Phi) is 4.00. The van der Waals surface area contributed by atoms with E-state index >= 15 is 0 Å². The number of ether oxygens (including phenoxy) is 3. The van der Waals surface area contributed by atoms with Crippen molar-refractivity contribution in [1.82, 2.24) is 0 Å². The molecule has 0 N–H and O–H groups in total. The highest BCUT2D eigenvalue weighted by Gasteiger charge is 2.51. The van der Waals surface area contributed by atoms with Crippen molar-refractivity contribution in [2.75, 3.05) is 14.2 Å². The lowest BCUT2D eigenvalue weighted by molar-refractivity contribution is -0.694. The third-order valence-corrected chi connectivity index (χ3v) is 2.17. The largest absolute Gasteiger partial charge is 0.517 e. The minimum absolute atomic E-state index is 0.00194. The maximum Gasteiger partial charge on any atom is 0.517 e. The molecule has 17 heavy (non-hydrogen) atoms. The number of para-hydroxylation sites is 1. The van der Waals surface area contributed by atoms with Crippen molar-refractivity contribution < 1.29 is 23.9 Å². The molecule has 7 nitrogen and oxygen atoms in total. The first-order valence-corrected chi connectivity index (χ1v) is 4.57. The third kappa shape index (κ3) is 2.18. The van der Waals surface area contributed by atoms with Gasteiger partial charge in [0.15, 0.2) is 0 Å². The van der Waals surface area contributed by atoms with Crippen LogP contribution in [0, 0.1) is 10.1 Å². The summed E-state index contributed by atoms with van der Waals surface area (Å²) in [6, 6.07) is 6.06. The van der Waals surface area contributed by atoms with E-state index in [9.17, 15) is 14.9 Å². The molecule has 1 unspecified atom stereocenters. The summed E-state index contributed by atoms with van der Waals surface area (Å²) >= 11 is 0. The summed E-state index contributed by atoms with van der Waals surface area (Å²) in [6.45, 7) is -0.0429. The van der Waals surface area contributed by atoms with E-state index in [2.05, 4.69) is 4.74 Å². The van der Waals surface area contributed by atoms with E-state index in [0.717, 1.165) is 7.11 Å². The summed E-state index contributed by atoms with van der Waals surface area (Å²) in [5.41, 5.74) is 0.00194. The number of carbonyl (C=O) groups is 1. The summed E-state index contributed by atoms with van der Waals surface area (Å²) < 4.78 is 14.2. The number of hydrogen-bond donors (Lipinski definition) is 0. The van der Waals surface area contributed by atoms with Gasteiger partial charge >= 0.3 is 12.4 Å². The second kappa shape index (κ2) is 5.26. The van der Waals surface area contributed by atoms with Gasteiger partial charge in [0.05, 0.1) is 7.11 Å². The minimum Gasteiger partial charge on any atom is -0.496 e. The summed E-state index contributed by atoms with van der Waals surface area (Å²) in [7, 11) is 2.42. The standard InChI is InChI=1S/C10H11NO6/c1-15-9-6-4-3-5-8(9)10(16-2,11(13)14)17-7-12/h3-7H,1-2H3. The highest BCUT2D eigenvalue weighted by molar-refractivity contribution is 5.42. The topological polar surface area (TPSA) is 87.9 Å². The lowest BCUT2D eigenvalue weighted by Gasteiger charge is -2.22. The van der Waals surface area contributed by atoms with Crippen molar-refractivity contribution in [2.24, 2.45) is 0 Å². The zero-order valence-electron chi connectivity index (χ0n) is 9.28. The van der Waals surface area contributed by atoms with Gasteiger partial charge in [-0.1, -0.05) is 12.1 Å². The molecule has 0 spiro atoms. The van der Waals surface area contributed by atoms with Crippen LogP contribution in [-0.4, -0.2) is 25.6 Å². The first kappa shape index (κ1) is 12.9. The normalized spacial score (nSPS) is 13.5. The van der Waals surface area contributed by atoms with Crippen LogP contribution in [-0.2, 0) is 20.2 Å². The summed E-state index contributed by atoms with van der Waals surface area (Å²) in [5.74, 6) is -2.21. The molecule has 0 aliphatic rings. The summed E-state index contributed by atoms with van der Waals surface area (Å²) in [6.07, 6.45) is 0. The van der Waals surface area contributed by atoms with E-state index in [1.165, 1.54) is 19.2 Å². The molecule has 92 valence electrons. The van der Waals surface area contributed by atoms with Crippen LogP contribution in [0.5, 0.6) is 5.75 Å². The number of hydrogen-bond acceptors (Lipinski definition) is 6. The molecule has 0 aromatic heterocycles. The van der Waals surface area contributed by atoms with Gasteiger partial charge in [0.25, 0.3) is 0 Å². The van der Waals surface area contributed by atoms with Crippen molar-refractivity contribution in [3.8, 4) is 5.75 Å². The zero-order valence-corrected chi connectivity index (χ0v) is 9.28. The minimum atomic E-state index is -2.39. The van der Waals surface area contributed by atoms with Crippen LogP contribution < -0.4 is 4.74 Å². The van der Waals surface area contributed by atoms with Gasteiger partial charge in [0.1, 0.15) is 16.2 Å². The van der Waals surface area contributed by atoms with Crippen LogP contribution in [0.15, 0.2) is 24.3 Å². The Hall–Kier alpha value is -2.15. The molecular weight excluding hydrogens is 230 g/mol. The molecule has 7 heteroatoms. The average molecular weight is 241 g/mol. The van der Waals surface area contributed by atoms with Crippen LogP contribution in [0.2, 0.25) is 0 Å². The van der Waals surface area contributed by atoms with Gasteiger partial charge in [-0.05, 0) is 12.1 Å². The van der Waals surface area contributed by atoms with Crippen LogP contribution in [0.25, 0.3) is 0 Å². The second-order valence-electron chi connectivity index (χ2n) is 2.96. The number of rotatable bonds is 6. The summed E-state index contributed by atoms with van der Waals surface area (Å²) in [4.78, 5) is 20.6. The Morgan fingerprint density at radius 2 is 2.00 bits per heavy atom. The van der Waals surface area contributed by atoms with E-state index in [4.69, 9.17) is 9.47 Å². The van der Waals surface area contributed by atoms with Crippen molar-refractivity contribution in [2.45, 2.75) is 5.91 Å². The molecule has 0 saturated heterocycles. The molecule has 1 aromatic rings. The second-order valence-corrected chi connectivity index (χ2v) is 2.96. The van der Waals surface area contributed by atoms with Gasteiger partial charge < -0.3 is 9.47 Å². The van der Waals surface area contributed by atoms with Gasteiger partial charge in [-0.25, -0.2) is 0 Å². The highest BCUT2D eigenvalue weighted by atomic mass is 16.8. The van der Waals surface area contributed by atoms with Gasteiger partial charge in [-0.3, -0.25) is 19.6 Å². The molecule has 0 bridgehead atoms. The molecule has 1 aromatic carbocycles. The SMILES string of the molecule is COc1ccccc1C(OC)(OC=O)[N+](=O)[O-]. The smallest absolute Gasteiger partial charge is 0.496 e. The predicted octanol–water partition coefficient (Wildman–Crippen LogP) is 0.902. The van der Waals surface area contributed by atoms with E-state index < -0.39 is 10.8 Å². The zero-order chi connectivity index (χ0) is 12.9. The lowest BCUT2D eigenvalue weighted by atomic mass is 10.1. The fourth-order valence-corrected chi connectivity index (χ4v) is 1.41. The molecule has 0 aliphatic heterocycles. The first-order valence-electron chi connectivity index (χ1n) is 4.57. The number of methoxy groups -OCH3 is 2. The maximum absolute atomic E-state index is 11.1. The van der Waals surface area contributed by atoms with Gasteiger partial charge in [0, 0.05) is 7.11 Å². The Balaban J connectivity index is 3.39. The molecule has 0 radical (unpaired) electrons. The Bertz CT molecular complexity index is 421. The Morgan fingerprint density at radius 3 is 2.47 bits per heavy atom. The van der Waals surface area contributed by atoms with Crippen molar-refractivity contribution in [1.29, 1.82) is 0 Å². The fourth-order valence-electron chi connectivity index (χ4n) is 1.41. The molecular formula is C10H11NO6. The molecule has 0 heterocycles. The number of nitro groups is 1. The summed E-state index contributed by atoms with van der Waals surface area (Å²) in [5, 5.41) is 11.1. The number of carbonyl (C=O) groups excluding carboxylic acids is 1. The Labute approximate surface area is 97.0 Å². The van der Waals surface area contributed by atoms with Crippen LogP contribution in [0.1, 0.15) is 5.56 Å². The van der Waals surface area contributed by atoms with Crippen LogP contribution >= 0.6 is 0 Å². The monoisotopic (exact) mass is 241 g/mol. The lowest BCUT2D eigenvalue weighted by Crippen LogP contribution is -2.40. The molecule has 0 fully saturated rings. The van der Waals surface area contributed by atoms with E-state index in [0.29, 0.717) is 0 Å². The molecule has 0 aliphatic carbocycles. The van der Waals surface area contributed by atoms with Crippen molar-refractivity contribution >= 4 is 6.47 Å². The maximum atomic E-state index is 11.1. The van der Waals surface area contributed by atoms with Crippen molar-refractivity contribution in [3.05, 3.63) is 39.9 Å². The number of benzene rings is 1. The molecule has 1 atom stereocenters. The fraction of sp³-hybridized carbons (Fsp3) is 0.300. The third-order valence-electron chi connectivity index (χ3n) is 2.17. The molecule has 0 amide bonds. The predicted molar refractivity (Wildman–Crippen MR) is 55.8 cm³/mol. The average Bonchev–Trinajstić information content (AvgIpc) is 2.35. The quantitative estimate of drug-likeness (QED) is 0.318.